The molecular formula is C21H21N3O2. The van der Waals surface area contributed by atoms with E-state index in [1.807, 2.05) is 29.2 Å². The van der Waals surface area contributed by atoms with Crippen LogP contribution in [0.4, 0.5) is 5.69 Å². The van der Waals surface area contributed by atoms with Gasteiger partial charge in [0, 0.05) is 23.8 Å². The minimum absolute atomic E-state index is 0.0815. The van der Waals surface area contributed by atoms with Crippen LogP contribution in [0, 0.1) is 0 Å². The second-order valence-electron chi connectivity index (χ2n) is 6.67. The first kappa shape index (κ1) is 16.4. The maximum absolute atomic E-state index is 12.7. The number of nitrogens with one attached hydrogen (secondary N) is 2. The molecule has 1 atom stereocenters. The quantitative estimate of drug-likeness (QED) is 0.765. The summed E-state index contributed by atoms with van der Waals surface area (Å²) in [7, 11) is 0. The molecule has 3 aromatic rings. The Morgan fingerprint density at radius 3 is 2.96 bits per heavy atom. The Hall–Kier alpha value is -3.08. The second kappa shape index (κ2) is 6.67. The first-order chi connectivity index (χ1) is 12.6. The van der Waals surface area contributed by atoms with Crippen LogP contribution in [0.1, 0.15) is 24.1 Å². The normalized spacial score (nSPS) is 16.3. The number of H-pyrrole nitrogens is 1. The predicted octanol–water partition coefficient (Wildman–Crippen LogP) is 3.09. The fraction of sp³-hybridized carbons (Fsp3) is 0.238. The van der Waals surface area contributed by atoms with Gasteiger partial charge in [0.15, 0.2) is 0 Å². The highest BCUT2D eigenvalue weighted by Gasteiger charge is 2.26. The van der Waals surface area contributed by atoms with E-state index in [4.69, 9.17) is 0 Å². The Labute approximate surface area is 151 Å². The third-order valence-corrected chi connectivity index (χ3v) is 5.13. The second-order valence-corrected chi connectivity index (χ2v) is 6.67. The topological polar surface area (TPSA) is 65.2 Å². The number of anilines is 1. The number of aromatic amines is 1. The van der Waals surface area contributed by atoms with Crippen LogP contribution in [0.25, 0.3) is 10.8 Å². The Morgan fingerprint density at radius 1 is 1.23 bits per heavy atom. The lowest BCUT2D eigenvalue weighted by Gasteiger charge is -2.35. The fourth-order valence-electron chi connectivity index (χ4n) is 3.69. The zero-order valence-corrected chi connectivity index (χ0v) is 14.7. The number of carbonyl (C=O) groups is 1. The van der Waals surface area contributed by atoms with Crippen molar-refractivity contribution in [1.29, 1.82) is 0 Å². The maximum Gasteiger partial charge on any atom is 0.255 e. The van der Waals surface area contributed by atoms with Crippen molar-refractivity contribution < 1.29 is 4.79 Å². The van der Waals surface area contributed by atoms with Crippen molar-refractivity contribution in [2.75, 3.05) is 18.4 Å². The molecule has 1 aliphatic heterocycles. The molecule has 1 aromatic heterocycles. The lowest BCUT2D eigenvalue weighted by atomic mass is 9.93. The molecule has 5 nitrogen and oxygen atoms in total. The molecule has 1 aliphatic rings. The summed E-state index contributed by atoms with van der Waals surface area (Å²) in [6.07, 6.45) is 2.53. The van der Waals surface area contributed by atoms with Crippen molar-refractivity contribution in [2.24, 2.45) is 0 Å². The predicted molar refractivity (Wildman–Crippen MR) is 103 cm³/mol. The summed E-state index contributed by atoms with van der Waals surface area (Å²) in [6, 6.07) is 15.8. The number of carbonyl (C=O) groups excluding carboxylic acids is 1. The highest BCUT2D eigenvalue weighted by atomic mass is 16.2. The van der Waals surface area contributed by atoms with Gasteiger partial charge in [-0.25, -0.2) is 0 Å². The smallest absolute Gasteiger partial charge is 0.255 e. The highest BCUT2D eigenvalue weighted by Crippen LogP contribution is 2.29. The summed E-state index contributed by atoms with van der Waals surface area (Å²) in [5, 5.41) is 4.69. The summed E-state index contributed by atoms with van der Waals surface area (Å²) in [5.41, 5.74) is 3.29. The van der Waals surface area contributed by atoms with Gasteiger partial charge in [-0.3, -0.25) is 9.59 Å². The average molecular weight is 347 g/mol. The summed E-state index contributed by atoms with van der Waals surface area (Å²) in [6.45, 7) is 3.06. The van der Waals surface area contributed by atoms with Crippen molar-refractivity contribution in [3.63, 3.8) is 0 Å². The van der Waals surface area contributed by atoms with Crippen molar-refractivity contribution in [1.82, 2.24) is 9.88 Å². The van der Waals surface area contributed by atoms with Gasteiger partial charge in [0.1, 0.15) is 0 Å². The third-order valence-electron chi connectivity index (χ3n) is 5.13. The molecule has 26 heavy (non-hydrogen) atoms. The number of amides is 1. The molecule has 2 N–H and O–H groups in total. The van der Waals surface area contributed by atoms with Gasteiger partial charge in [-0.2, -0.15) is 0 Å². The van der Waals surface area contributed by atoms with Crippen molar-refractivity contribution in [3.8, 4) is 0 Å². The standard InChI is InChI=1S/C21H21N3O2/c1-14-18-5-3-2-4-15(18)9-11-24(14)20(25)13-23-17-6-7-19-16(12-17)8-10-22-21(19)26/h2-8,10,12,14,23H,9,11,13H2,1H3,(H,22,26). The number of hydrogen-bond donors (Lipinski definition) is 2. The van der Waals surface area contributed by atoms with E-state index in [1.54, 1.807) is 12.3 Å². The number of aromatic nitrogens is 1. The zero-order chi connectivity index (χ0) is 18.1. The molecule has 1 amide bonds. The van der Waals surface area contributed by atoms with Crippen LogP contribution < -0.4 is 10.9 Å². The molecule has 5 heteroatoms. The molecule has 0 saturated carbocycles. The summed E-state index contributed by atoms with van der Waals surface area (Å²) >= 11 is 0. The molecular weight excluding hydrogens is 326 g/mol. The molecule has 132 valence electrons. The Bertz CT molecular complexity index is 1020. The van der Waals surface area contributed by atoms with Crippen LogP contribution in [0.15, 0.2) is 59.5 Å². The number of hydrogen-bond acceptors (Lipinski definition) is 3. The number of pyridine rings is 1. The molecule has 0 bridgehead atoms. The van der Waals surface area contributed by atoms with Crippen molar-refractivity contribution >= 4 is 22.4 Å². The van der Waals surface area contributed by atoms with Crippen molar-refractivity contribution in [3.05, 3.63) is 76.2 Å². The van der Waals surface area contributed by atoms with Gasteiger partial charge in [-0.15, -0.1) is 0 Å². The lowest BCUT2D eigenvalue weighted by Crippen LogP contribution is -2.41. The Balaban J connectivity index is 1.47. The average Bonchev–Trinajstić information content (AvgIpc) is 2.67. The molecule has 0 radical (unpaired) electrons. The molecule has 4 rings (SSSR count). The van der Waals surface area contributed by atoms with Gasteiger partial charge in [-0.05, 0) is 54.1 Å². The molecule has 0 saturated heterocycles. The van der Waals surface area contributed by atoms with E-state index in [0.717, 1.165) is 24.0 Å². The van der Waals surface area contributed by atoms with Gasteiger partial charge in [-0.1, -0.05) is 24.3 Å². The summed E-state index contributed by atoms with van der Waals surface area (Å²) in [4.78, 5) is 29.1. The molecule has 2 aromatic carbocycles. The maximum atomic E-state index is 12.7. The number of fused-ring (bicyclic) bond motifs is 2. The first-order valence-corrected chi connectivity index (χ1v) is 8.86. The molecule has 0 fully saturated rings. The van der Waals surface area contributed by atoms with Crippen molar-refractivity contribution in [2.45, 2.75) is 19.4 Å². The van der Waals surface area contributed by atoms with Crippen LogP contribution >= 0.6 is 0 Å². The molecule has 2 heterocycles. The molecule has 0 aliphatic carbocycles. The van der Waals surface area contributed by atoms with E-state index >= 15 is 0 Å². The monoisotopic (exact) mass is 347 g/mol. The third kappa shape index (κ3) is 2.96. The number of benzene rings is 2. The summed E-state index contributed by atoms with van der Waals surface area (Å²) in [5.74, 6) is 0.0815. The molecule has 1 unspecified atom stereocenters. The molecule has 0 spiro atoms. The highest BCUT2D eigenvalue weighted by molar-refractivity contribution is 5.86. The van der Waals surface area contributed by atoms with E-state index in [1.165, 1.54) is 11.1 Å². The number of rotatable bonds is 3. The van der Waals surface area contributed by atoms with Gasteiger partial charge < -0.3 is 15.2 Å². The van der Waals surface area contributed by atoms with Crippen LogP contribution in [0.5, 0.6) is 0 Å². The van der Waals surface area contributed by atoms with E-state index in [2.05, 4.69) is 35.4 Å². The first-order valence-electron chi connectivity index (χ1n) is 8.86. The van der Waals surface area contributed by atoms with E-state index in [9.17, 15) is 9.59 Å². The van der Waals surface area contributed by atoms with Crippen LogP contribution in [0.2, 0.25) is 0 Å². The largest absolute Gasteiger partial charge is 0.376 e. The van der Waals surface area contributed by atoms with Gasteiger partial charge in [0.2, 0.25) is 5.91 Å². The summed E-state index contributed by atoms with van der Waals surface area (Å²) < 4.78 is 0. The SMILES string of the molecule is CC1c2ccccc2CCN1C(=O)CNc1ccc2c(=O)[nH]ccc2c1. The van der Waals surface area contributed by atoms with Crippen LogP contribution in [-0.4, -0.2) is 28.9 Å². The minimum atomic E-state index is -0.106. The van der Waals surface area contributed by atoms with E-state index in [0.29, 0.717) is 5.39 Å². The van der Waals surface area contributed by atoms with E-state index < -0.39 is 0 Å². The van der Waals surface area contributed by atoms with Crippen LogP contribution in [-0.2, 0) is 11.2 Å². The van der Waals surface area contributed by atoms with Gasteiger partial charge in [0.05, 0.1) is 12.6 Å². The fourth-order valence-corrected chi connectivity index (χ4v) is 3.69. The van der Waals surface area contributed by atoms with E-state index in [-0.39, 0.29) is 24.1 Å². The lowest BCUT2D eigenvalue weighted by molar-refractivity contribution is -0.131. The number of nitrogens with zero attached hydrogens (tertiary/aromatic N) is 1. The van der Waals surface area contributed by atoms with Gasteiger partial charge >= 0.3 is 0 Å². The van der Waals surface area contributed by atoms with Crippen LogP contribution in [0.3, 0.4) is 0 Å². The van der Waals surface area contributed by atoms with Gasteiger partial charge in [0.25, 0.3) is 5.56 Å². The Morgan fingerprint density at radius 2 is 2.08 bits per heavy atom. The Kier molecular flexibility index (Phi) is 4.21. The zero-order valence-electron chi connectivity index (χ0n) is 14.7. The minimum Gasteiger partial charge on any atom is -0.376 e.